The molecule has 0 radical (unpaired) electrons. The normalized spacial score (nSPS) is 10.9. The number of rotatable bonds is 6. The molecule has 6 nitrogen and oxygen atoms in total. The van der Waals surface area contributed by atoms with Crippen LogP contribution in [0.4, 0.5) is 24.5 Å². The predicted molar refractivity (Wildman–Crippen MR) is 94.7 cm³/mol. The third-order valence-corrected chi connectivity index (χ3v) is 3.36. The van der Waals surface area contributed by atoms with Crippen LogP contribution in [-0.2, 0) is 4.79 Å². The molecular formula is C18H18F3N3O3. The van der Waals surface area contributed by atoms with Crippen molar-refractivity contribution >= 4 is 23.2 Å². The fourth-order valence-electron chi connectivity index (χ4n) is 2.12. The van der Waals surface area contributed by atoms with E-state index < -0.39 is 6.36 Å². The molecule has 0 atom stereocenters. The highest BCUT2D eigenvalue weighted by Crippen LogP contribution is 2.23. The number of benzene rings is 2. The summed E-state index contributed by atoms with van der Waals surface area (Å²) < 4.78 is 40.1. The Morgan fingerprint density at radius 2 is 1.52 bits per heavy atom. The van der Waals surface area contributed by atoms with Gasteiger partial charge in [0.25, 0.3) is 5.91 Å². The maximum absolute atomic E-state index is 12.1. The molecule has 0 saturated heterocycles. The smallest absolute Gasteiger partial charge is 0.406 e. The Bertz CT molecular complexity index is 788. The number of ether oxygens (including phenoxy) is 1. The van der Waals surface area contributed by atoms with Crippen LogP contribution in [0.1, 0.15) is 10.4 Å². The van der Waals surface area contributed by atoms with Gasteiger partial charge in [0, 0.05) is 31.0 Å². The van der Waals surface area contributed by atoms with Crippen molar-refractivity contribution in [2.75, 3.05) is 31.3 Å². The van der Waals surface area contributed by atoms with Gasteiger partial charge in [-0.15, -0.1) is 13.2 Å². The summed E-state index contributed by atoms with van der Waals surface area (Å²) in [6, 6.07) is 11.5. The second-order valence-corrected chi connectivity index (χ2v) is 5.75. The summed E-state index contributed by atoms with van der Waals surface area (Å²) in [5, 5.41) is 5.44. The van der Waals surface area contributed by atoms with Crippen molar-refractivity contribution in [2.24, 2.45) is 0 Å². The minimum Gasteiger partial charge on any atom is -0.406 e. The van der Waals surface area contributed by atoms with Crippen molar-refractivity contribution in [1.29, 1.82) is 0 Å². The summed E-state index contributed by atoms with van der Waals surface area (Å²) in [5.74, 6) is -0.879. The maximum Gasteiger partial charge on any atom is 0.573 e. The van der Waals surface area contributed by atoms with Crippen LogP contribution in [0.2, 0.25) is 0 Å². The Morgan fingerprint density at radius 1 is 0.963 bits per heavy atom. The molecule has 0 saturated carbocycles. The first-order valence-corrected chi connectivity index (χ1v) is 7.85. The molecule has 27 heavy (non-hydrogen) atoms. The summed E-state index contributed by atoms with van der Waals surface area (Å²) in [4.78, 5) is 25.2. The summed E-state index contributed by atoms with van der Waals surface area (Å²) >= 11 is 0. The number of nitrogens with one attached hydrogen (secondary N) is 2. The van der Waals surface area contributed by atoms with E-state index in [1.54, 1.807) is 38.4 Å². The number of alkyl halides is 3. The molecule has 144 valence electrons. The van der Waals surface area contributed by atoms with Crippen molar-refractivity contribution in [3.8, 4) is 5.75 Å². The first-order chi connectivity index (χ1) is 12.6. The Kier molecular flexibility index (Phi) is 6.27. The number of nitrogens with zero attached hydrogens (tertiary/aromatic N) is 1. The Labute approximate surface area is 153 Å². The van der Waals surface area contributed by atoms with E-state index in [-0.39, 0.29) is 24.1 Å². The molecule has 0 bridgehead atoms. The number of carbonyl (C=O) groups excluding carboxylic acids is 2. The van der Waals surface area contributed by atoms with Gasteiger partial charge in [-0.1, -0.05) is 0 Å². The fourth-order valence-corrected chi connectivity index (χ4v) is 2.12. The third kappa shape index (κ3) is 6.53. The van der Waals surface area contributed by atoms with Crippen molar-refractivity contribution in [3.63, 3.8) is 0 Å². The number of anilines is 2. The SMILES string of the molecule is CN(C)C(=O)c1ccc(NCC(=O)Nc2ccc(OC(F)(F)F)cc2)cc1. The molecule has 0 unspecified atom stereocenters. The fraction of sp³-hybridized carbons (Fsp3) is 0.222. The number of amides is 2. The van der Waals surface area contributed by atoms with Crippen LogP contribution in [-0.4, -0.2) is 43.7 Å². The van der Waals surface area contributed by atoms with Crippen molar-refractivity contribution in [3.05, 3.63) is 54.1 Å². The summed E-state index contributed by atoms with van der Waals surface area (Å²) in [6.07, 6.45) is -4.76. The van der Waals surface area contributed by atoms with Gasteiger partial charge >= 0.3 is 6.36 Å². The molecule has 0 aliphatic carbocycles. The summed E-state index contributed by atoms with van der Waals surface area (Å²) in [5.41, 5.74) is 1.51. The molecule has 2 amide bonds. The summed E-state index contributed by atoms with van der Waals surface area (Å²) in [7, 11) is 3.31. The van der Waals surface area contributed by atoms with Gasteiger partial charge in [0.1, 0.15) is 5.75 Å². The first kappa shape index (κ1) is 20.1. The molecule has 2 N–H and O–H groups in total. The molecule has 0 spiro atoms. The Morgan fingerprint density at radius 3 is 2.04 bits per heavy atom. The van der Waals surface area contributed by atoms with E-state index in [1.165, 1.54) is 17.0 Å². The van der Waals surface area contributed by atoms with Gasteiger partial charge in [-0.05, 0) is 48.5 Å². The zero-order chi connectivity index (χ0) is 20.0. The van der Waals surface area contributed by atoms with E-state index in [1.807, 2.05) is 0 Å². The third-order valence-electron chi connectivity index (χ3n) is 3.36. The number of hydrogen-bond donors (Lipinski definition) is 2. The molecule has 2 aromatic rings. The van der Waals surface area contributed by atoms with Crippen molar-refractivity contribution in [2.45, 2.75) is 6.36 Å². The molecule has 2 aromatic carbocycles. The molecule has 0 heterocycles. The molecular weight excluding hydrogens is 363 g/mol. The van der Waals surface area contributed by atoms with Gasteiger partial charge in [0.2, 0.25) is 5.91 Å². The van der Waals surface area contributed by atoms with Crippen LogP contribution >= 0.6 is 0 Å². The quantitative estimate of drug-likeness (QED) is 0.805. The first-order valence-electron chi connectivity index (χ1n) is 7.85. The van der Waals surface area contributed by atoms with Gasteiger partial charge in [-0.3, -0.25) is 9.59 Å². The Hall–Kier alpha value is -3.23. The monoisotopic (exact) mass is 381 g/mol. The molecule has 9 heteroatoms. The molecule has 0 aromatic heterocycles. The van der Waals surface area contributed by atoms with Gasteiger partial charge < -0.3 is 20.3 Å². The van der Waals surface area contributed by atoms with E-state index in [4.69, 9.17) is 0 Å². The van der Waals surface area contributed by atoms with Gasteiger partial charge in [0.15, 0.2) is 0 Å². The van der Waals surface area contributed by atoms with Crippen LogP contribution in [0.3, 0.4) is 0 Å². The second kappa shape index (κ2) is 8.43. The van der Waals surface area contributed by atoms with Gasteiger partial charge in [-0.2, -0.15) is 0 Å². The highest BCUT2D eigenvalue weighted by Gasteiger charge is 2.30. The minimum atomic E-state index is -4.76. The molecule has 2 rings (SSSR count). The standard InChI is InChI=1S/C18H18F3N3O3/c1-24(2)17(26)12-3-5-13(6-4-12)22-11-16(25)23-14-7-9-15(10-8-14)27-18(19,20)21/h3-10,22H,11H2,1-2H3,(H,23,25). The highest BCUT2D eigenvalue weighted by atomic mass is 19.4. The van der Waals surface area contributed by atoms with Crippen molar-refractivity contribution in [1.82, 2.24) is 4.90 Å². The molecule has 0 aliphatic rings. The average Bonchev–Trinajstić information content (AvgIpc) is 2.60. The van der Waals surface area contributed by atoms with E-state index >= 15 is 0 Å². The van der Waals surface area contributed by atoms with Crippen LogP contribution in [0.25, 0.3) is 0 Å². The van der Waals surface area contributed by atoms with Crippen LogP contribution in [0.15, 0.2) is 48.5 Å². The van der Waals surface area contributed by atoms with E-state index in [0.29, 0.717) is 16.9 Å². The van der Waals surface area contributed by atoms with E-state index in [2.05, 4.69) is 15.4 Å². The second-order valence-electron chi connectivity index (χ2n) is 5.75. The van der Waals surface area contributed by atoms with Gasteiger partial charge in [-0.25, -0.2) is 0 Å². The number of hydrogen-bond acceptors (Lipinski definition) is 4. The summed E-state index contributed by atoms with van der Waals surface area (Å²) in [6.45, 7) is -0.0538. The molecule has 0 fully saturated rings. The zero-order valence-corrected chi connectivity index (χ0v) is 14.6. The lowest BCUT2D eigenvalue weighted by molar-refractivity contribution is -0.274. The van der Waals surface area contributed by atoms with E-state index in [9.17, 15) is 22.8 Å². The lowest BCUT2D eigenvalue weighted by Crippen LogP contribution is -2.22. The van der Waals surface area contributed by atoms with Crippen LogP contribution in [0.5, 0.6) is 5.75 Å². The lowest BCUT2D eigenvalue weighted by atomic mass is 10.2. The van der Waals surface area contributed by atoms with Crippen LogP contribution < -0.4 is 15.4 Å². The minimum absolute atomic E-state index is 0.0538. The Balaban J connectivity index is 1.84. The highest BCUT2D eigenvalue weighted by molar-refractivity contribution is 5.95. The topological polar surface area (TPSA) is 70.7 Å². The average molecular weight is 381 g/mol. The zero-order valence-electron chi connectivity index (χ0n) is 14.6. The number of halogens is 3. The number of carbonyl (C=O) groups is 2. The van der Waals surface area contributed by atoms with E-state index in [0.717, 1.165) is 12.1 Å². The lowest BCUT2D eigenvalue weighted by Gasteiger charge is -2.12. The largest absolute Gasteiger partial charge is 0.573 e. The van der Waals surface area contributed by atoms with Crippen LogP contribution in [0, 0.1) is 0 Å². The maximum atomic E-state index is 12.1. The van der Waals surface area contributed by atoms with Crippen molar-refractivity contribution < 1.29 is 27.5 Å². The van der Waals surface area contributed by atoms with Gasteiger partial charge in [0.05, 0.1) is 6.54 Å². The predicted octanol–water partition coefficient (Wildman–Crippen LogP) is 3.34. The molecule has 0 aliphatic heterocycles.